The Morgan fingerprint density at radius 3 is 2.64 bits per heavy atom. The third-order valence-corrected chi connectivity index (χ3v) is 4.87. The van der Waals surface area contributed by atoms with Crippen molar-refractivity contribution in [3.63, 3.8) is 0 Å². The van der Waals surface area contributed by atoms with Gasteiger partial charge in [-0.1, -0.05) is 49.0 Å². The molecule has 0 bridgehead atoms. The van der Waals surface area contributed by atoms with E-state index in [1.54, 1.807) is 30.4 Å². The minimum Gasteiger partial charge on any atom is -0.304 e. The van der Waals surface area contributed by atoms with Crippen LogP contribution in [-0.4, -0.2) is 24.7 Å². The zero-order chi connectivity index (χ0) is 15.4. The number of rotatable bonds is 5. The first-order valence-electron chi connectivity index (χ1n) is 7.17. The number of hydrogen-bond donors (Lipinski definition) is 0. The Kier molecular flexibility index (Phi) is 4.48. The monoisotopic (exact) mass is 311 g/mol. The van der Waals surface area contributed by atoms with Gasteiger partial charge in [0.15, 0.2) is 11.0 Å². The SMILES string of the molecule is CC[C@@H](Sc1nnc(-c2cnccn2)n1C)c1ccccc1. The molecule has 0 radical (unpaired) electrons. The summed E-state index contributed by atoms with van der Waals surface area (Å²) in [5, 5.41) is 9.82. The molecule has 0 aliphatic heterocycles. The molecule has 0 amide bonds. The maximum atomic E-state index is 4.31. The average Bonchev–Trinajstić information content (AvgIpc) is 2.95. The van der Waals surface area contributed by atoms with E-state index in [0.29, 0.717) is 5.25 Å². The topological polar surface area (TPSA) is 56.5 Å². The Balaban J connectivity index is 1.86. The summed E-state index contributed by atoms with van der Waals surface area (Å²) in [7, 11) is 1.96. The van der Waals surface area contributed by atoms with Crippen molar-refractivity contribution in [3.05, 3.63) is 54.5 Å². The van der Waals surface area contributed by atoms with Crippen molar-refractivity contribution in [2.45, 2.75) is 23.8 Å². The van der Waals surface area contributed by atoms with Crippen LogP contribution in [0.2, 0.25) is 0 Å². The highest BCUT2D eigenvalue weighted by atomic mass is 32.2. The molecule has 3 rings (SSSR count). The molecule has 6 heteroatoms. The molecule has 0 saturated heterocycles. The molecule has 0 fully saturated rings. The van der Waals surface area contributed by atoms with Gasteiger partial charge in [-0.15, -0.1) is 10.2 Å². The van der Waals surface area contributed by atoms with Crippen molar-refractivity contribution >= 4 is 11.8 Å². The molecule has 0 spiro atoms. The van der Waals surface area contributed by atoms with E-state index in [4.69, 9.17) is 0 Å². The summed E-state index contributed by atoms with van der Waals surface area (Å²) in [6.45, 7) is 2.19. The van der Waals surface area contributed by atoms with Crippen LogP contribution in [0.15, 0.2) is 54.1 Å². The van der Waals surface area contributed by atoms with Gasteiger partial charge in [-0.05, 0) is 12.0 Å². The van der Waals surface area contributed by atoms with Crippen molar-refractivity contribution in [2.75, 3.05) is 0 Å². The number of nitrogens with zero attached hydrogens (tertiary/aromatic N) is 5. The quantitative estimate of drug-likeness (QED) is 0.675. The van der Waals surface area contributed by atoms with Crippen LogP contribution in [0.3, 0.4) is 0 Å². The highest BCUT2D eigenvalue weighted by Gasteiger charge is 2.17. The maximum absolute atomic E-state index is 4.31. The highest BCUT2D eigenvalue weighted by molar-refractivity contribution is 7.99. The van der Waals surface area contributed by atoms with Crippen LogP contribution in [0.5, 0.6) is 0 Å². The van der Waals surface area contributed by atoms with E-state index in [2.05, 4.69) is 51.4 Å². The van der Waals surface area contributed by atoms with Crippen LogP contribution in [0.25, 0.3) is 11.5 Å². The van der Waals surface area contributed by atoms with Crippen LogP contribution in [0.4, 0.5) is 0 Å². The first-order valence-corrected chi connectivity index (χ1v) is 8.05. The molecule has 1 atom stereocenters. The third kappa shape index (κ3) is 3.01. The molecule has 22 heavy (non-hydrogen) atoms. The average molecular weight is 311 g/mol. The molecule has 0 aliphatic carbocycles. The Morgan fingerprint density at radius 1 is 1.14 bits per heavy atom. The van der Waals surface area contributed by atoms with Gasteiger partial charge in [0.2, 0.25) is 0 Å². The van der Waals surface area contributed by atoms with Gasteiger partial charge < -0.3 is 4.57 Å². The molecule has 3 aromatic rings. The second-order valence-corrected chi connectivity index (χ2v) is 6.05. The maximum Gasteiger partial charge on any atom is 0.191 e. The van der Waals surface area contributed by atoms with Crippen molar-refractivity contribution < 1.29 is 0 Å². The lowest BCUT2D eigenvalue weighted by atomic mass is 10.1. The van der Waals surface area contributed by atoms with Crippen LogP contribution in [0.1, 0.15) is 24.2 Å². The molecule has 2 aromatic heterocycles. The van der Waals surface area contributed by atoms with Crippen molar-refractivity contribution in [2.24, 2.45) is 7.05 Å². The lowest BCUT2D eigenvalue weighted by Crippen LogP contribution is -1.99. The third-order valence-electron chi connectivity index (χ3n) is 3.42. The summed E-state index contributed by atoms with van der Waals surface area (Å²) >= 11 is 1.73. The molecular formula is C16H17N5S. The highest BCUT2D eigenvalue weighted by Crippen LogP contribution is 2.37. The molecule has 0 aliphatic rings. The first kappa shape index (κ1) is 14.7. The Hall–Kier alpha value is -2.21. The number of hydrogen-bond acceptors (Lipinski definition) is 5. The van der Waals surface area contributed by atoms with Crippen LogP contribution >= 0.6 is 11.8 Å². The fourth-order valence-electron chi connectivity index (χ4n) is 2.24. The lowest BCUT2D eigenvalue weighted by molar-refractivity contribution is 0.780. The second-order valence-electron chi connectivity index (χ2n) is 4.88. The second kappa shape index (κ2) is 6.70. The predicted octanol–water partition coefficient (Wildman–Crippen LogP) is 3.52. The van der Waals surface area contributed by atoms with Gasteiger partial charge in [-0.25, -0.2) is 4.98 Å². The van der Waals surface area contributed by atoms with Crippen molar-refractivity contribution in [1.82, 2.24) is 24.7 Å². The molecular weight excluding hydrogens is 294 g/mol. The predicted molar refractivity (Wildman–Crippen MR) is 87.4 cm³/mol. The molecule has 0 unspecified atom stereocenters. The van der Waals surface area contributed by atoms with Gasteiger partial charge in [0.1, 0.15) is 5.69 Å². The smallest absolute Gasteiger partial charge is 0.191 e. The minimum absolute atomic E-state index is 0.360. The van der Waals surface area contributed by atoms with Gasteiger partial charge >= 0.3 is 0 Å². The molecule has 5 nitrogen and oxygen atoms in total. The molecule has 2 heterocycles. The van der Waals surface area contributed by atoms with E-state index in [1.807, 2.05) is 17.7 Å². The van der Waals surface area contributed by atoms with Gasteiger partial charge in [0.05, 0.1) is 6.20 Å². The number of thioether (sulfide) groups is 1. The van der Waals surface area contributed by atoms with E-state index in [1.165, 1.54) is 5.56 Å². The van der Waals surface area contributed by atoms with E-state index in [9.17, 15) is 0 Å². The molecule has 0 N–H and O–H groups in total. The Bertz CT molecular complexity index is 727. The van der Waals surface area contributed by atoms with Crippen molar-refractivity contribution in [3.8, 4) is 11.5 Å². The van der Waals surface area contributed by atoms with Gasteiger partial charge in [0, 0.05) is 24.7 Å². The van der Waals surface area contributed by atoms with Gasteiger partial charge in [-0.3, -0.25) is 4.98 Å². The fraction of sp³-hybridized carbons (Fsp3) is 0.250. The van der Waals surface area contributed by atoms with Crippen molar-refractivity contribution in [1.29, 1.82) is 0 Å². The number of aromatic nitrogens is 5. The van der Waals surface area contributed by atoms with Gasteiger partial charge in [-0.2, -0.15) is 0 Å². The molecule has 0 saturated carbocycles. The minimum atomic E-state index is 0.360. The zero-order valence-electron chi connectivity index (χ0n) is 12.5. The van der Waals surface area contributed by atoms with E-state index in [-0.39, 0.29) is 0 Å². The van der Waals surface area contributed by atoms with Gasteiger partial charge in [0.25, 0.3) is 0 Å². The van der Waals surface area contributed by atoms with E-state index in [0.717, 1.165) is 23.1 Å². The molecule has 1 aromatic carbocycles. The summed E-state index contributed by atoms with van der Waals surface area (Å²) in [6, 6.07) is 10.5. The standard InChI is InChI=1S/C16H17N5S/c1-3-14(12-7-5-4-6-8-12)22-16-20-19-15(21(16)2)13-11-17-9-10-18-13/h4-11,14H,3H2,1-2H3/t14-/m1/s1. The van der Waals surface area contributed by atoms with E-state index < -0.39 is 0 Å². The lowest BCUT2D eigenvalue weighted by Gasteiger charge is -2.14. The largest absolute Gasteiger partial charge is 0.304 e. The Morgan fingerprint density at radius 2 is 1.95 bits per heavy atom. The fourth-order valence-corrected chi connectivity index (χ4v) is 3.28. The number of benzene rings is 1. The summed E-state index contributed by atoms with van der Waals surface area (Å²) < 4.78 is 1.97. The summed E-state index contributed by atoms with van der Waals surface area (Å²) in [5.41, 5.74) is 2.04. The normalized spacial score (nSPS) is 12.3. The summed E-state index contributed by atoms with van der Waals surface area (Å²) in [5.74, 6) is 0.735. The summed E-state index contributed by atoms with van der Waals surface area (Å²) in [6.07, 6.45) is 6.04. The van der Waals surface area contributed by atoms with Crippen LogP contribution in [0, 0.1) is 0 Å². The summed E-state index contributed by atoms with van der Waals surface area (Å²) in [4.78, 5) is 8.37. The van der Waals surface area contributed by atoms with Crippen LogP contribution < -0.4 is 0 Å². The first-order chi connectivity index (χ1) is 10.8. The molecule has 112 valence electrons. The van der Waals surface area contributed by atoms with Crippen LogP contribution in [-0.2, 0) is 7.05 Å². The van der Waals surface area contributed by atoms with E-state index >= 15 is 0 Å². The Labute approximate surface area is 133 Å². The zero-order valence-corrected chi connectivity index (χ0v) is 13.4.